The van der Waals surface area contributed by atoms with Crippen LogP contribution in [0.15, 0.2) is 18.2 Å². The summed E-state index contributed by atoms with van der Waals surface area (Å²) in [6, 6.07) is 6.05. The summed E-state index contributed by atoms with van der Waals surface area (Å²) in [6.07, 6.45) is 0. The Labute approximate surface area is 66.2 Å². The van der Waals surface area contributed by atoms with Gasteiger partial charge in [0.15, 0.2) is 0 Å². The number of benzene rings is 1. The lowest BCUT2D eigenvalue weighted by Crippen LogP contribution is -1.75. The molecule has 4 nitrogen and oxygen atoms in total. The van der Waals surface area contributed by atoms with E-state index in [0.717, 1.165) is 5.69 Å². The van der Waals surface area contributed by atoms with E-state index in [2.05, 4.69) is 6.07 Å². The van der Waals surface area contributed by atoms with E-state index in [0.29, 0.717) is 0 Å². The number of anilines is 1. The molecule has 0 spiro atoms. The lowest BCUT2D eigenvalue weighted by atomic mass is 10.5. The molecular formula is C6H6NO3S-. The molecule has 0 saturated carbocycles. The average Bonchev–Trinajstić information content (AvgIpc) is 2.54. The molecule has 1 atom stereocenters. The van der Waals surface area contributed by atoms with Crippen LogP contribution in [0.5, 0.6) is 0 Å². The van der Waals surface area contributed by atoms with Crippen molar-refractivity contribution in [2.45, 2.75) is 0 Å². The van der Waals surface area contributed by atoms with Gasteiger partial charge in [0, 0.05) is 11.3 Å². The fourth-order valence-electron chi connectivity index (χ4n) is 0.777. The number of nitrogens with two attached hydrogens (primary N) is 1. The lowest BCUT2D eigenvalue weighted by molar-refractivity contribution is 0.436. The minimum absolute atomic E-state index is 0.926. The van der Waals surface area contributed by atoms with Crippen LogP contribution in [0, 0.1) is 0 Å². The van der Waals surface area contributed by atoms with Crippen molar-refractivity contribution < 1.29 is 13.3 Å². The molecule has 2 rings (SSSR count). The van der Waals surface area contributed by atoms with Gasteiger partial charge in [0.1, 0.15) is 0 Å². The third-order valence-electron chi connectivity index (χ3n) is 1.28. The van der Waals surface area contributed by atoms with Crippen molar-refractivity contribution in [2.24, 2.45) is 0 Å². The van der Waals surface area contributed by atoms with Gasteiger partial charge < -0.3 is 14.8 Å². The monoisotopic (exact) mass is 172 g/mol. The highest BCUT2D eigenvalue weighted by Gasteiger charge is 2.13. The second kappa shape index (κ2) is 3.00. The van der Waals surface area contributed by atoms with E-state index in [1.54, 1.807) is 0 Å². The Hall–Kier alpha value is -0.910. The summed E-state index contributed by atoms with van der Waals surface area (Å²) >= 11 is -2.86. The van der Waals surface area contributed by atoms with E-state index in [4.69, 9.17) is 19.0 Å². The summed E-state index contributed by atoms with van der Waals surface area (Å²) in [6.45, 7) is 0. The van der Waals surface area contributed by atoms with Gasteiger partial charge in [-0.25, -0.2) is 4.21 Å². The predicted octanol–water partition coefficient (Wildman–Crippen LogP) is 0.588. The highest BCUT2D eigenvalue weighted by molar-refractivity contribution is 7.73. The molecule has 0 radical (unpaired) electrons. The fraction of sp³-hybridized carbons (Fsp3) is 0. The van der Waals surface area contributed by atoms with Gasteiger partial charge in [0.2, 0.25) is 0 Å². The molecule has 11 heavy (non-hydrogen) atoms. The van der Waals surface area contributed by atoms with Crippen LogP contribution in [0.25, 0.3) is 11.1 Å². The molecule has 0 aromatic rings. The van der Waals surface area contributed by atoms with Crippen molar-refractivity contribution in [3.63, 3.8) is 0 Å². The van der Waals surface area contributed by atoms with Crippen molar-refractivity contribution in [2.75, 3.05) is 5.73 Å². The van der Waals surface area contributed by atoms with Crippen LogP contribution in [0.2, 0.25) is 0 Å². The molecule has 0 aromatic heterocycles. The quantitative estimate of drug-likeness (QED) is 0.449. The molecular weight excluding hydrogens is 166 g/mol. The molecule has 0 heterocycles. The first kappa shape index (κ1) is 8.19. The second-order valence-electron chi connectivity index (χ2n) is 2.02. The summed E-state index contributed by atoms with van der Waals surface area (Å²) < 4.78 is 24.1. The average molecular weight is 172 g/mol. The maximum atomic E-state index is 8.56. The van der Waals surface area contributed by atoms with Crippen molar-refractivity contribution in [1.82, 2.24) is 0 Å². The minimum atomic E-state index is -2.86. The molecule has 1 unspecified atom stereocenters. The second-order valence-corrected chi connectivity index (χ2v) is 2.45. The van der Waals surface area contributed by atoms with Crippen LogP contribution in [-0.2, 0) is 11.4 Å². The van der Waals surface area contributed by atoms with E-state index in [1.807, 2.05) is 12.1 Å². The van der Waals surface area contributed by atoms with Crippen molar-refractivity contribution in [3.8, 4) is 11.1 Å². The fourth-order valence-corrected chi connectivity index (χ4v) is 0.777. The van der Waals surface area contributed by atoms with Gasteiger partial charge in [-0.1, -0.05) is 6.07 Å². The first-order valence-corrected chi connectivity index (χ1v) is 3.82. The molecule has 2 aliphatic carbocycles. The topological polar surface area (TPSA) is 86.4 Å². The normalized spacial score (nSPS) is 12.9. The van der Waals surface area contributed by atoms with E-state index in [-0.39, 0.29) is 0 Å². The van der Waals surface area contributed by atoms with Crippen LogP contribution in [0.1, 0.15) is 0 Å². The molecule has 3 N–H and O–H groups in total. The first-order valence-electron chi connectivity index (χ1n) is 2.79. The van der Waals surface area contributed by atoms with Crippen LogP contribution < -0.4 is 5.73 Å². The number of fused-ring (bicyclic) bond motifs is 1. The van der Waals surface area contributed by atoms with Gasteiger partial charge in [-0.05, 0) is 17.7 Å². The van der Waals surface area contributed by atoms with Gasteiger partial charge in [0.05, 0.1) is 11.4 Å². The largest absolute Gasteiger partial charge is 0.750 e. The zero-order valence-corrected chi connectivity index (χ0v) is 6.30. The SMILES string of the molecule is Nc1ccc2cc1-2.O=S([O-])O. The molecule has 60 valence electrons. The van der Waals surface area contributed by atoms with Crippen molar-refractivity contribution >= 4 is 17.0 Å². The van der Waals surface area contributed by atoms with Gasteiger partial charge in [-0.2, -0.15) is 0 Å². The Morgan fingerprint density at radius 1 is 1.55 bits per heavy atom. The number of nitrogen functional groups attached to an aromatic ring is 1. The van der Waals surface area contributed by atoms with Crippen molar-refractivity contribution in [1.29, 1.82) is 0 Å². The third kappa shape index (κ3) is 2.30. The Bertz CT molecular complexity index is 296. The molecule has 2 aliphatic rings. The van der Waals surface area contributed by atoms with Gasteiger partial charge in [0.25, 0.3) is 0 Å². The summed E-state index contributed by atoms with van der Waals surface area (Å²) in [4.78, 5) is 0. The molecule has 0 aromatic carbocycles. The molecule has 0 amide bonds. The first-order chi connectivity index (χ1) is 5.11. The van der Waals surface area contributed by atoms with Crippen LogP contribution >= 0.6 is 0 Å². The number of hydrogen-bond acceptors (Lipinski definition) is 3. The molecule has 0 fully saturated rings. The zero-order chi connectivity index (χ0) is 8.43. The molecule has 0 bridgehead atoms. The summed E-state index contributed by atoms with van der Waals surface area (Å²) in [5.74, 6) is 0. The molecule has 0 saturated heterocycles. The number of rotatable bonds is 0. The van der Waals surface area contributed by atoms with Gasteiger partial charge >= 0.3 is 0 Å². The zero-order valence-electron chi connectivity index (χ0n) is 5.48. The highest BCUT2D eigenvalue weighted by Crippen LogP contribution is 2.39. The van der Waals surface area contributed by atoms with Crippen molar-refractivity contribution in [3.05, 3.63) is 18.2 Å². The summed E-state index contributed by atoms with van der Waals surface area (Å²) in [5, 5.41) is 0. The Kier molecular flexibility index (Phi) is 2.23. The van der Waals surface area contributed by atoms with E-state index < -0.39 is 11.4 Å². The molecule has 0 aliphatic heterocycles. The Balaban J connectivity index is 0.000000134. The van der Waals surface area contributed by atoms with E-state index >= 15 is 0 Å². The Morgan fingerprint density at radius 3 is 2.18 bits per heavy atom. The third-order valence-corrected chi connectivity index (χ3v) is 1.28. The summed E-state index contributed by atoms with van der Waals surface area (Å²) in [7, 11) is 0. The molecule has 5 heteroatoms. The van der Waals surface area contributed by atoms with Gasteiger partial charge in [-0.15, -0.1) is 0 Å². The lowest BCUT2D eigenvalue weighted by Gasteiger charge is -1.83. The highest BCUT2D eigenvalue weighted by atomic mass is 32.2. The maximum absolute atomic E-state index is 8.56. The minimum Gasteiger partial charge on any atom is -0.750 e. The summed E-state index contributed by atoms with van der Waals surface area (Å²) in [5.41, 5.74) is 8.95. The van der Waals surface area contributed by atoms with Crippen LogP contribution in [0.3, 0.4) is 0 Å². The van der Waals surface area contributed by atoms with Gasteiger partial charge in [-0.3, -0.25) is 0 Å². The standard InChI is InChI=1S/C6H5N.H2O3S/c7-6-2-1-4-3-5(4)6;1-4(2)3/h1-3H,7H2;(H2,1,2,3)/p-1. The smallest absolute Gasteiger partial charge is 0.0814 e. The number of hydrogen-bond donors (Lipinski definition) is 2. The van der Waals surface area contributed by atoms with Crippen LogP contribution in [-0.4, -0.2) is 13.3 Å². The van der Waals surface area contributed by atoms with E-state index in [1.165, 1.54) is 11.1 Å². The Morgan fingerprint density at radius 2 is 2.09 bits per heavy atom. The predicted molar refractivity (Wildman–Crippen MR) is 41.4 cm³/mol. The maximum Gasteiger partial charge on any atom is 0.0814 e. The van der Waals surface area contributed by atoms with E-state index in [9.17, 15) is 0 Å². The van der Waals surface area contributed by atoms with Crippen LogP contribution in [0.4, 0.5) is 5.69 Å².